The molecule has 4 nitrogen and oxygen atoms in total. The zero-order valence-electron chi connectivity index (χ0n) is 16.2. The minimum Gasteiger partial charge on any atom is -0.351 e. The molecular formula is C21H32N2O2. The summed E-state index contributed by atoms with van der Waals surface area (Å²) in [6, 6.07) is 6.13. The Bertz CT molecular complexity index is 623. The van der Waals surface area contributed by atoms with Gasteiger partial charge >= 0.3 is 0 Å². The molecule has 1 fully saturated rings. The van der Waals surface area contributed by atoms with Gasteiger partial charge in [-0.3, -0.25) is 9.59 Å². The molecule has 0 bridgehead atoms. The van der Waals surface area contributed by atoms with Gasteiger partial charge in [0.2, 0.25) is 11.8 Å². The van der Waals surface area contributed by atoms with Gasteiger partial charge in [-0.15, -0.1) is 0 Å². The predicted octanol–water partition coefficient (Wildman–Crippen LogP) is 4.22. The summed E-state index contributed by atoms with van der Waals surface area (Å²) in [5.41, 5.74) is 3.03. The zero-order valence-corrected chi connectivity index (χ0v) is 16.2. The first-order chi connectivity index (χ1) is 11.7. The Morgan fingerprint density at radius 2 is 1.60 bits per heavy atom. The summed E-state index contributed by atoms with van der Waals surface area (Å²) in [6.45, 7) is 10.1. The second-order valence-electron chi connectivity index (χ2n) is 8.24. The molecule has 25 heavy (non-hydrogen) atoms. The van der Waals surface area contributed by atoms with E-state index in [0.29, 0.717) is 0 Å². The molecule has 0 atom stereocenters. The van der Waals surface area contributed by atoms with E-state index in [1.54, 1.807) is 0 Å². The Balaban J connectivity index is 1.93. The lowest BCUT2D eigenvalue weighted by molar-refractivity contribution is -0.129. The molecule has 0 radical (unpaired) electrons. The fourth-order valence-corrected chi connectivity index (χ4v) is 3.52. The van der Waals surface area contributed by atoms with Crippen LogP contribution in [0.2, 0.25) is 0 Å². The molecule has 2 N–H and O–H groups in total. The van der Waals surface area contributed by atoms with Crippen molar-refractivity contribution < 1.29 is 9.59 Å². The summed E-state index contributed by atoms with van der Waals surface area (Å²) in [5.74, 6) is 0.258. The van der Waals surface area contributed by atoms with Gasteiger partial charge in [0.1, 0.15) is 0 Å². The van der Waals surface area contributed by atoms with Gasteiger partial charge in [0.05, 0.1) is 0 Å². The van der Waals surface area contributed by atoms with Crippen LogP contribution < -0.4 is 10.6 Å². The second-order valence-corrected chi connectivity index (χ2v) is 8.24. The van der Waals surface area contributed by atoms with Crippen molar-refractivity contribution in [1.82, 2.24) is 5.32 Å². The maximum Gasteiger partial charge on any atom is 0.227 e. The van der Waals surface area contributed by atoms with Crippen LogP contribution in [0.1, 0.15) is 64.5 Å². The Morgan fingerprint density at radius 1 is 1.04 bits per heavy atom. The summed E-state index contributed by atoms with van der Waals surface area (Å²) in [4.78, 5) is 25.0. The third-order valence-electron chi connectivity index (χ3n) is 4.96. The van der Waals surface area contributed by atoms with Crippen molar-refractivity contribution in [1.29, 1.82) is 0 Å². The summed E-state index contributed by atoms with van der Waals surface area (Å²) < 4.78 is 0. The molecular weight excluding hydrogens is 312 g/mol. The smallest absolute Gasteiger partial charge is 0.227 e. The standard InChI is InChI=1S/C21H32N2O2/c1-6-15-9-7-8-14(2)18(15)22-19(24)16-10-12-17(13-11-16)20(25)23-21(3,4)5/h7-9,16-17H,6,10-13H2,1-5H3,(H,22,24)(H,23,25). The molecule has 0 heterocycles. The molecule has 0 aromatic heterocycles. The Morgan fingerprint density at radius 3 is 2.12 bits per heavy atom. The van der Waals surface area contributed by atoms with Crippen LogP contribution in [0.4, 0.5) is 5.69 Å². The lowest BCUT2D eigenvalue weighted by Crippen LogP contribution is -2.45. The van der Waals surface area contributed by atoms with E-state index in [2.05, 4.69) is 23.6 Å². The molecule has 1 aromatic rings. The average molecular weight is 344 g/mol. The first kappa shape index (κ1) is 19.5. The van der Waals surface area contributed by atoms with E-state index in [0.717, 1.165) is 43.4 Å². The largest absolute Gasteiger partial charge is 0.351 e. The monoisotopic (exact) mass is 344 g/mol. The number of para-hydroxylation sites is 1. The number of hydrogen-bond acceptors (Lipinski definition) is 2. The first-order valence-corrected chi connectivity index (χ1v) is 9.42. The number of benzene rings is 1. The lowest BCUT2D eigenvalue weighted by atomic mass is 9.80. The number of carbonyl (C=O) groups excluding carboxylic acids is 2. The quantitative estimate of drug-likeness (QED) is 0.859. The van der Waals surface area contributed by atoms with Gasteiger partial charge in [-0.2, -0.15) is 0 Å². The number of aryl methyl sites for hydroxylation is 2. The van der Waals surface area contributed by atoms with E-state index < -0.39 is 0 Å². The topological polar surface area (TPSA) is 58.2 Å². The highest BCUT2D eigenvalue weighted by molar-refractivity contribution is 5.94. The Labute approximate surface area is 151 Å². The maximum atomic E-state index is 12.7. The Hall–Kier alpha value is -1.84. The fourth-order valence-electron chi connectivity index (χ4n) is 3.52. The fraction of sp³-hybridized carbons (Fsp3) is 0.619. The van der Waals surface area contributed by atoms with Crippen molar-refractivity contribution >= 4 is 17.5 Å². The molecule has 1 aliphatic rings. The molecule has 4 heteroatoms. The van der Waals surface area contributed by atoms with Crippen LogP contribution in [0.25, 0.3) is 0 Å². The summed E-state index contributed by atoms with van der Waals surface area (Å²) in [6.07, 6.45) is 4.03. The molecule has 0 spiro atoms. The lowest BCUT2D eigenvalue weighted by Gasteiger charge is -2.30. The van der Waals surface area contributed by atoms with E-state index in [4.69, 9.17) is 0 Å². The van der Waals surface area contributed by atoms with Crippen LogP contribution in [0.15, 0.2) is 18.2 Å². The van der Waals surface area contributed by atoms with Crippen LogP contribution in [0, 0.1) is 18.8 Å². The van der Waals surface area contributed by atoms with Gasteiger partial charge in [0.25, 0.3) is 0 Å². The molecule has 1 aliphatic carbocycles. The third kappa shape index (κ3) is 5.32. The van der Waals surface area contributed by atoms with Crippen LogP contribution in [0.3, 0.4) is 0 Å². The van der Waals surface area contributed by atoms with Crippen molar-refractivity contribution in [2.75, 3.05) is 5.32 Å². The van der Waals surface area contributed by atoms with Gasteiger partial charge in [-0.1, -0.05) is 25.1 Å². The number of anilines is 1. The highest BCUT2D eigenvalue weighted by atomic mass is 16.2. The van der Waals surface area contributed by atoms with Crippen molar-refractivity contribution in [2.24, 2.45) is 11.8 Å². The predicted molar refractivity (Wildman–Crippen MR) is 103 cm³/mol. The summed E-state index contributed by atoms with van der Waals surface area (Å²) >= 11 is 0. The summed E-state index contributed by atoms with van der Waals surface area (Å²) in [7, 11) is 0. The molecule has 2 rings (SSSR count). The Kier molecular flexibility index (Phi) is 6.26. The third-order valence-corrected chi connectivity index (χ3v) is 4.96. The molecule has 0 unspecified atom stereocenters. The number of rotatable bonds is 4. The zero-order chi connectivity index (χ0) is 18.6. The van der Waals surface area contributed by atoms with Crippen LogP contribution in [0.5, 0.6) is 0 Å². The average Bonchev–Trinajstić information content (AvgIpc) is 2.55. The molecule has 0 aliphatic heterocycles. The molecule has 1 saturated carbocycles. The van der Waals surface area contributed by atoms with Crippen molar-refractivity contribution in [3.63, 3.8) is 0 Å². The van der Waals surface area contributed by atoms with Crippen molar-refractivity contribution in [3.05, 3.63) is 29.3 Å². The van der Waals surface area contributed by atoms with E-state index in [1.807, 2.05) is 39.8 Å². The number of nitrogens with one attached hydrogen (secondary N) is 2. The van der Waals surface area contributed by atoms with Crippen LogP contribution in [-0.2, 0) is 16.0 Å². The van der Waals surface area contributed by atoms with Crippen LogP contribution in [-0.4, -0.2) is 17.4 Å². The molecule has 1 aromatic carbocycles. The van der Waals surface area contributed by atoms with Crippen LogP contribution >= 0.6 is 0 Å². The maximum absolute atomic E-state index is 12.7. The van der Waals surface area contributed by atoms with Gasteiger partial charge in [-0.25, -0.2) is 0 Å². The first-order valence-electron chi connectivity index (χ1n) is 9.42. The highest BCUT2D eigenvalue weighted by Crippen LogP contribution is 2.31. The molecule has 0 saturated heterocycles. The molecule has 2 amide bonds. The van der Waals surface area contributed by atoms with Gasteiger partial charge in [0.15, 0.2) is 0 Å². The number of hydrogen-bond donors (Lipinski definition) is 2. The van der Waals surface area contributed by atoms with E-state index in [9.17, 15) is 9.59 Å². The van der Waals surface area contributed by atoms with E-state index >= 15 is 0 Å². The number of carbonyl (C=O) groups is 2. The second kappa shape index (κ2) is 8.03. The highest BCUT2D eigenvalue weighted by Gasteiger charge is 2.31. The van der Waals surface area contributed by atoms with E-state index in [-0.39, 0.29) is 29.2 Å². The SMILES string of the molecule is CCc1cccc(C)c1NC(=O)C1CCC(C(=O)NC(C)(C)C)CC1. The van der Waals surface area contributed by atoms with Crippen molar-refractivity contribution in [2.45, 2.75) is 72.3 Å². The molecule has 138 valence electrons. The minimum absolute atomic E-state index is 0.00278. The van der Waals surface area contributed by atoms with Gasteiger partial charge < -0.3 is 10.6 Å². The van der Waals surface area contributed by atoms with Gasteiger partial charge in [-0.05, 0) is 70.9 Å². The number of amides is 2. The van der Waals surface area contributed by atoms with Gasteiger partial charge in [0, 0.05) is 23.1 Å². The minimum atomic E-state index is -0.202. The normalized spacial score (nSPS) is 20.8. The van der Waals surface area contributed by atoms with E-state index in [1.165, 1.54) is 5.56 Å². The van der Waals surface area contributed by atoms with Crippen molar-refractivity contribution in [3.8, 4) is 0 Å². The summed E-state index contributed by atoms with van der Waals surface area (Å²) in [5, 5.41) is 6.20.